The van der Waals surface area contributed by atoms with Gasteiger partial charge in [-0.1, -0.05) is 0 Å². The van der Waals surface area contributed by atoms with Crippen molar-refractivity contribution in [2.75, 3.05) is 19.6 Å². The van der Waals surface area contributed by atoms with Crippen LogP contribution in [0.25, 0.3) is 0 Å². The highest BCUT2D eigenvalue weighted by atomic mass is 16.5. The highest BCUT2D eigenvalue weighted by molar-refractivity contribution is 5.35. The standard InChI is InChI=1S/C12H16N4O2/c1-8-5-6-9(2)16(8)15-12-13-10(17-3)7-11(14-12)18-4/h5-7H,1-4H3,(H,13,14,15). The summed E-state index contributed by atoms with van der Waals surface area (Å²) in [6.45, 7) is 3.99. The third-order valence-corrected chi connectivity index (χ3v) is 2.58. The molecule has 1 N–H and O–H groups in total. The van der Waals surface area contributed by atoms with Crippen molar-refractivity contribution >= 4 is 5.95 Å². The Morgan fingerprint density at radius 3 is 1.94 bits per heavy atom. The van der Waals surface area contributed by atoms with E-state index in [1.807, 2.05) is 30.7 Å². The van der Waals surface area contributed by atoms with E-state index in [2.05, 4.69) is 15.4 Å². The van der Waals surface area contributed by atoms with Crippen molar-refractivity contribution in [1.29, 1.82) is 0 Å². The fraction of sp³-hybridized carbons (Fsp3) is 0.333. The van der Waals surface area contributed by atoms with Crippen molar-refractivity contribution in [2.45, 2.75) is 13.8 Å². The normalized spacial score (nSPS) is 10.2. The van der Waals surface area contributed by atoms with Gasteiger partial charge in [0, 0.05) is 11.4 Å². The second kappa shape index (κ2) is 4.95. The van der Waals surface area contributed by atoms with Gasteiger partial charge in [0.15, 0.2) is 0 Å². The predicted molar refractivity (Wildman–Crippen MR) is 68.1 cm³/mol. The van der Waals surface area contributed by atoms with Gasteiger partial charge >= 0.3 is 0 Å². The van der Waals surface area contributed by atoms with Crippen LogP contribution in [0.4, 0.5) is 5.95 Å². The lowest BCUT2D eigenvalue weighted by Crippen LogP contribution is -2.15. The summed E-state index contributed by atoms with van der Waals surface area (Å²) < 4.78 is 12.1. The molecule has 0 aliphatic carbocycles. The molecule has 6 nitrogen and oxygen atoms in total. The number of ether oxygens (including phenoxy) is 2. The van der Waals surface area contributed by atoms with Gasteiger partial charge in [-0.15, -0.1) is 0 Å². The van der Waals surface area contributed by atoms with Crippen LogP contribution in [0.3, 0.4) is 0 Å². The number of nitrogens with zero attached hydrogens (tertiary/aromatic N) is 3. The second-order valence-corrected chi connectivity index (χ2v) is 3.84. The smallest absolute Gasteiger partial charge is 0.248 e. The Balaban J connectivity index is 2.34. The molecule has 0 aliphatic heterocycles. The highest BCUT2D eigenvalue weighted by Gasteiger charge is 2.07. The lowest BCUT2D eigenvalue weighted by molar-refractivity contribution is 0.372. The lowest BCUT2D eigenvalue weighted by atomic mass is 10.5. The van der Waals surface area contributed by atoms with Crippen LogP contribution >= 0.6 is 0 Å². The summed E-state index contributed by atoms with van der Waals surface area (Å²) in [6, 6.07) is 5.65. The van der Waals surface area contributed by atoms with Crippen LogP contribution in [0.5, 0.6) is 11.8 Å². The van der Waals surface area contributed by atoms with Crippen LogP contribution < -0.4 is 14.9 Å². The molecular formula is C12H16N4O2. The van der Waals surface area contributed by atoms with E-state index in [0.717, 1.165) is 11.4 Å². The number of methoxy groups -OCH3 is 2. The van der Waals surface area contributed by atoms with E-state index in [0.29, 0.717) is 17.7 Å². The summed E-state index contributed by atoms with van der Waals surface area (Å²) in [5.41, 5.74) is 5.24. The average molecular weight is 248 g/mol. The summed E-state index contributed by atoms with van der Waals surface area (Å²) in [5, 5.41) is 0. The first kappa shape index (κ1) is 12.2. The molecule has 0 atom stereocenters. The molecule has 0 radical (unpaired) electrons. The van der Waals surface area contributed by atoms with Crippen LogP contribution in [-0.4, -0.2) is 28.9 Å². The molecule has 2 heterocycles. The molecule has 0 spiro atoms. The zero-order chi connectivity index (χ0) is 13.1. The van der Waals surface area contributed by atoms with E-state index < -0.39 is 0 Å². The monoisotopic (exact) mass is 248 g/mol. The maximum atomic E-state index is 5.10. The Kier molecular flexibility index (Phi) is 3.36. The second-order valence-electron chi connectivity index (χ2n) is 3.84. The molecule has 0 saturated carbocycles. The van der Waals surface area contributed by atoms with E-state index in [4.69, 9.17) is 9.47 Å². The van der Waals surface area contributed by atoms with Gasteiger partial charge in [-0.25, -0.2) is 0 Å². The average Bonchev–Trinajstić information content (AvgIpc) is 2.70. The highest BCUT2D eigenvalue weighted by Crippen LogP contribution is 2.18. The van der Waals surface area contributed by atoms with E-state index in [1.165, 1.54) is 0 Å². The fourth-order valence-corrected chi connectivity index (χ4v) is 1.61. The minimum absolute atomic E-state index is 0.425. The molecule has 18 heavy (non-hydrogen) atoms. The van der Waals surface area contributed by atoms with Crippen molar-refractivity contribution in [2.24, 2.45) is 0 Å². The molecule has 0 saturated heterocycles. The van der Waals surface area contributed by atoms with Crippen LogP contribution in [0, 0.1) is 13.8 Å². The van der Waals surface area contributed by atoms with Crippen molar-refractivity contribution in [3.8, 4) is 11.8 Å². The molecule has 0 aromatic carbocycles. The largest absolute Gasteiger partial charge is 0.481 e. The SMILES string of the molecule is COc1cc(OC)nc(Nn2c(C)ccc2C)n1. The molecule has 2 aromatic rings. The first-order valence-electron chi connectivity index (χ1n) is 5.53. The van der Waals surface area contributed by atoms with Gasteiger partial charge in [0.1, 0.15) is 0 Å². The van der Waals surface area contributed by atoms with Crippen molar-refractivity contribution in [3.63, 3.8) is 0 Å². The third-order valence-electron chi connectivity index (χ3n) is 2.58. The summed E-state index contributed by atoms with van der Waals surface area (Å²) in [7, 11) is 3.11. The Hall–Kier alpha value is -2.24. The Labute approximate surface area is 106 Å². The number of hydrogen-bond acceptors (Lipinski definition) is 5. The molecule has 2 rings (SSSR count). The molecule has 96 valence electrons. The van der Waals surface area contributed by atoms with Crippen molar-refractivity contribution in [1.82, 2.24) is 14.6 Å². The van der Waals surface area contributed by atoms with Gasteiger partial charge < -0.3 is 9.47 Å². The maximum absolute atomic E-state index is 5.10. The number of aromatic nitrogens is 3. The molecule has 0 aliphatic rings. The summed E-state index contributed by atoms with van der Waals surface area (Å²) >= 11 is 0. The Morgan fingerprint density at radius 1 is 1.00 bits per heavy atom. The molecule has 6 heteroatoms. The number of anilines is 1. The number of rotatable bonds is 4. The Morgan fingerprint density at radius 2 is 1.50 bits per heavy atom. The van der Waals surface area contributed by atoms with Crippen molar-refractivity contribution < 1.29 is 9.47 Å². The van der Waals surface area contributed by atoms with E-state index >= 15 is 0 Å². The quantitative estimate of drug-likeness (QED) is 0.893. The van der Waals surface area contributed by atoms with Crippen LogP contribution in [0.15, 0.2) is 18.2 Å². The summed E-state index contributed by atoms with van der Waals surface area (Å²) in [6.07, 6.45) is 0. The first-order chi connectivity index (χ1) is 8.63. The maximum Gasteiger partial charge on any atom is 0.248 e. The lowest BCUT2D eigenvalue weighted by Gasteiger charge is -2.12. The van der Waals surface area contributed by atoms with E-state index in [1.54, 1.807) is 20.3 Å². The van der Waals surface area contributed by atoms with Gasteiger partial charge in [0.2, 0.25) is 17.7 Å². The van der Waals surface area contributed by atoms with Crippen molar-refractivity contribution in [3.05, 3.63) is 29.6 Å². The van der Waals surface area contributed by atoms with Gasteiger partial charge in [-0.2, -0.15) is 9.97 Å². The van der Waals surface area contributed by atoms with Gasteiger partial charge in [0.05, 0.1) is 20.3 Å². The molecule has 0 bridgehead atoms. The minimum atomic E-state index is 0.425. The minimum Gasteiger partial charge on any atom is -0.481 e. The van der Waals surface area contributed by atoms with Gasteiger partial charge in [0.25, 0.3) is 0 Å². The predicted octanol–water partition coefficient (Wildman–Crippen LogP) is 1.79. The molecule has 2 aromatic heterocycles. The zero-order valence-corrected chi connectivity index (χ0v) is 10.9. The first-order valence-corrected chi connectivity index (χ1v) is 5.53. The third kappa shape index (κ3) is 2.37. The Bertz CT molecular complexity index is 509. The van der Waals surface area contributed by atoms with E-state index in [9.17, 15) is 0 Å². The molecular weight excluding hydrogens is 232 g/mol. The zero-order valence-electron chi connectivity index (χ0n) is 10.9. The fourth-order valence-electron chi connectivity index (χ4n) is 1.61. The molecule has 0 fully saturated rings. The van der Waals surface area contributed by atoms with E-state index in [-0.39, 0.29) is 0 Å². The van der Waals surface area contributed by atoms with Gasteiger partial charge in [-0.3, -0.25) is 10.1 Å². The number of hydrogen-bond donors (Lipinski definition) is 1. The topological polar surface area (TPSA) is 61.2 Å². The van der Waals surface area contributed by atoms with Crippen LogP contribution in [0.2, 0.25) is 0 Å². The number of aryl methyl sites for hydroxylation is 2. The van der Waals surface area contributed by atoms with Crippen LogP contribution in [0.1, 0.15) is 11.4 Å². The number of nitrogens with one attached hydrogen (secondary N) is 1. The van der Waals surface area contributed by atoms with Crippen LogP contribution in [-0.2, 0) is 0 Å². The summed E-state index contributed by atoms with van der Waals surface area (Å²) in [4.78, 5) is 8.42. The van der Waals surface area contributed by atoms with Gasteiger partial charge in [-0.05, 0) is 26.0 Å². The molecule has 0 unspecified atom stereocenters. The molecule has 0 amide bonds. The summed E-state index contributed by atoms with van der Waals surface area (Å²) in [5.74, 6) is 1.33.